The van der Waals surface area contributed by atoms with Gasteiger partial charge in [-0.25, -0.2) is 4.79 Å². The summed E-state index contributed by atoms with van der Waals surface area (Å²) in [5.74, 6) is 2.96. The highest BCUT2D eigenvalue weighted by Gasteiger charge is 2.41. The summed E-state index contributed by atoms with van der Waals surface area (Å²) in [7, 11) is 0. The van der Waals surface area contributed by atoms with Crippen molar-refractivity contribution in [2.24, 2.45) is 23.7 Å². The number of ether oxygens (including phenoxy) is 1. The Morgan fingerprint density at radius 2 is 1.88 bits per heavy atom. The van der Waals surface area contributed by atoms with Crippen LogP contribution in [0.3, 0.4) is 0 Å². The number of carbonyl (C=O) groups is 2. The molecule has 0 unspecified atom stereocenters. The molecule has 5 nitrogen and oxygen atoms in total. The summed E-state index contributed by atoms with van der Waals surface area (Å²) in [5, 5.41) is 3.03. The third-order valence-corrected chi connectivity index (χ3v) is 6.63. The van der Waals surface area contributed by atoms with Crippen molar-refractivity contribution >= 4 is 12.0 Å². The highest BCUT2D eigenvalue weighted by molar-refractivity contribution is 5.76. The molecular weight excluding hydrogens is 328 g/mol. The van der Waals surface area contributed by atoms with E-state index in [0.717, 1.165) is 44.2 Å². The van der Waals surface area contributed by atoms with Gasteiger partial charge in [-0.2, -0.15) is 0 Å². The average Bonchev–Trinajstić information content (AvgIpc) is 3.16. The fourth-order valence-corrected chi connectivity index (χ4v) is 5.30. The second-order valence-electron chi connectivity index (χ2n) is 9.69. The van der Waals surface area contributed by atoms with Crippen LogP contribution in [0.1, 0.15) is 72.6 Å². The van der Waals surface area contributed by atoms with Gasteiger partial charge in [-0.05, 0) is 76.5 Å². The van der Waals surface area contributed by atoms with E-state index in [1.54, 1.807) is 0 Å². The van der Waals surface area contributed by atoms with Crippen LogP contribution >= 0.6 is 0 Å². The number of nitrogens with zero attached hydrogens (tertiary/aromatic N) is 1. The van der Waals surface area contributed by atoms with E-state index in [1.807, 2.05) is 25.7 Å². The highest BCUT2D eigenvalue weighted by atomic mass is 16.6. The zero-order valence-electron chi connectivity index (χ0n) is 16.9. The van der Waals surface area contributed by atoms with E-state index in [9.17, 15) is 9.59 Å². The van der Waals surface area contributed by atoms with Crippen molar-refractivity contribution in [1.29, 1.82) is 0 Å². The van der Waals surface area contributed by atoms with Gasteiger partial charge in [0.2, 0.25) is 5.91 Å². The van der Waals surface area contributed by atoms with E-state index in [0.29, 0.717) is 17.7 Å². The summed E-state index contributed by atoms with van der Waals surface area (Å²) >= 11 is 0. The first kappa shape index (κ1) is 19.5. The van der Waals surface area contributed by atoms with Gasteiger partial charge in [0.15, 0.2) is 0 Å². The first-order chi connectivity index (χ1) is 12.2. The minimum absolute atomic E-state index is 0.0985. The van der Waals surface area contributed by atoms with E-state index >= 15 is 0 Å². The lowest BCUT2D eigenvalue weighted by molar-refractivity contribution is -0.134. The van der Waals surface area contributed by atoms with Gasteiger partial charge in [-0.3, -0.25) is 4.79 Å². The Morgan fingerprint density at radius 3 is 2.46 bits per heavy atom. The lowest BCUT2D eigenvalue weighted by atomic mass is 9.85. The van der Waals surface area contributed by atoms with Crippen LogP contribution in [0, 0.1) is 23.7 Å². The molecule has 0 aromatic rings. The number of piperidine rings is 1. The summed E-state index contributed by atoms with van der Waals surface area (Å²) in [6, 6.07) is 0.0985. The average molecular weight is 365 g/mol. The molecule has 0 aromatic carbocycles. The molecule has 0 aromatic heterocycles. The Kier molecular flexibility index (Phi) is 5.83. The summed E-state index contributed by atoms with van der Waals surface area (Å²) in [6.45, 7) is 9.27. The van der Waals surface area contributed by atoms with Gasteiger partial charge >= 0.3 is 6.09 Å². The zero-order valence-corrected chi connectivity index (χ0v) is 16.9. The standard InChI is InChI=1S/C21H36N2O3/c1-5-15-13-23(9-8-18(15)22-20(25)26-21(2,3)4)19(24)12-17-11-14-6-7-16(17)10-14/h14-18H,5-13H2,1-4H3,(H,22,25)/t14-,15+,16-,17-,18+/m0/s1. The van der Waals surface area contributed by atoms with Crippen LogP contribution in [0.25, 0.3) is 0 Å². The van der Waals surface area contributed by atoms with E-state index in [2.05, 4.69) is 12.2 Å². The Labute approximate surface area is 158 Å². The smallest absolute Gasteiger partial charge is 0.407 e. The molecule has 148 valence electrons. The van der Waals surface area contributed by atoms with Crippen LogP contribution < -0.4 is 5.32 Å². The molecular formula is C21H36N2O3. The number of amides is 2. The van der Waals surface area contributed by atoms with Crippen LogP contribution in [-0.4, -0.2) is 41.6 Å². The molecule has 1 saturated heterocycles. The van der Waals surface area contributed by atoms with Gasteiger partial charge in [-0.15, -0.1) is 0 Å². The van der Waals surface area contributed by atoms with Crippen molar-refractivity contribution in [3.05, 3.63) is 0 Å². The first-order valence-electron chi connectivity index (χ1n) is 10.5. The molecule has 5 atom stereocenters. The van der Waals surface area contributed by atoms with Gasteiger partial charge in [-0.1, -0.05) is 13.3 Å². The summed E-state index contributed by atoms with van der Waals surface area (Å²) in [5.41, 5.74) is -0.483. The van der Waals surface area contributed by atoms with E-state index in [4.69, 9.17) is 4.74 Å². The fourth-order valence-electron chi connectivity index (χ4n) is 5.30. The Bertz CT molecular complexity index is 528. The maximum absolute atomic E-state index is 12.8. The van der Waals surface area contributed by atoms with Gasteiger partial charge in [0.25, 0.3) is 0 Å². The number of carbonyl (C=O) groups excluding carboxylic acids is 2. The maximum atomic E-state index is 12.8. The van der Waals surface area contributed by atoms with Gasteiger partial charge < -0.3 is 15.0 Å². The van der Waals surface area contributed by atoms with Gasteiger partial charge in [0.1, 0.15) is 5.60 Å². The van der Waals surface area contributed by atoms with Crippen molar-refractivity contribution in [3.8, 4) is 0 Å². The molecule has 5 heteroatoms. The molecule has 3 aliphatic rings. The van der Waals surface area contributed by atoms with E-state index in [1.165, 1.54) is 25.7 Å². The third kappa shape index (κ3) is 4.72. The SMILES string of the molecule is CC[C@@H]1CN(C(=O)C[C@@H]2C[C@H]3CC[C@H]2C3)CC[C@H]1NC(=O)OC(C)(C)C. The normalized spacial score (nSPS) is 34.0. The van der Waals surface area contributed by atoms with E-state index in [-0.39, 0.29) is 12.1 Å². The van der Waals surface area contributed by atoms with Gasteiger partial charge in [0.05, 0.1) is 0 Å². The summed E-state index contributed by atoms with van der Waals surface area (Å²) in [4.78, 5) is 27.0. The Morgan fingerprint density at radius 1 is 1.12 bits per heavy atom. The lowest BCUT2D eigenvalue weighted by Gasteiger charge is -2.39. The van der Waals surface area contributed by atoms with Crippen LogP contribution in [0.2, 0.25) is 0 Å². The molecule has 3 fully saturated rings. The molecule has 2 amide bonds. The second-order valence-corrected chi connectivity index (χ2v) is 9.69. The molecule has 2 aliphatic carbocycles. The third-order valence-electron chi connectivity index (χ3n) is 6.63. The number of hydrogen-bond acceptors (Lipinski definition) is 3. The first-order valence-corrected chi connectivity index (χ1v) is 10.5. The number of hydrogen-bond donors (Lipinski definition) is 1. The lowest BCUT2D eigenvalue weighted by Crippen LogP contribution is -2.53. The predicted molar refractivity (Wildman–Crippen MR) is 102 cm³/mol. The molecule has 0 spiro atoms. The van der Waals surface area contributed by atoms with Crippen molar-refractivity contribution in [2.75, 3.05) is 13.1 Å². The molecule has 3 rings (SSSR count). The molecule has 2 bridgehead atoms. The number of rotatable bonds is 4. The molecule has 1 aliphatic heterocycles. The van der Waals surface area contributed by atoms with Crippen LogP contribution in [0.5, 0.6) is 0 Å². The second kappa shape index (κ2) is 7.77. The number of nitrogens with one attached hydrogen (secondary N) is 1. The van der Waals surface area contributed by atoms with Crippen LogP contribution in [0.15, 0.2) is 0 Å². The number of alkyl carbamates (subject to hydrolysis) is 1. The molecule has 2 saturated carbocycles. The molecule has 26 heavy (non-hydrogen) atoms. The Hall–Kier alpha value is -1.26. The predicted octanol–water partition coefficient (Wildman–Crippen LogP) is 3.96. The molecule has 1 N–H and O–H groups in total. The minimum Gasteiger partial charge on any atom is -0.444 e. The van der Waals surface area contributed by atoms with Crippen molar-refractivity contribution in [3.63, 3.8) is 0 Å². The van der Waals surface area contributed by atoms with E-state index < -0.39 is 5.60 Å². The van der Waals surface area contributed by atoms with Crippen LogP contribution in [-0.2, 0) is 9.53 Å². The molecule has 1 heterocycles. The molecule has 0 radical (unpaired) electrons. The van der Waals surface area contributed by atoms with Crippen molar-refractivity contribution < 1.29 is 14.3 Å². The maximum Gasteiger partial charge on any atom is 0.407 e. The summed E-state index contributed by atoms with van der Waals surface area (Å²) < 4.78 is 5.39. The quantitative estimate of drug-likeness (QED) is 0.821. The fraction of sp³-hybridized carbons (Fsp3) is 0.905. The number of likely N-dealkylation sites (tertiary alicyclic amines) is 1. The van der Waals surface area contributed by atoms with Crippen molar-refractivity contribution in [2.45, 2.75) is 84.3 Å². The summed E-state index contributed by atoms with van der Waals surface area (Å²) in [6.07, 6.45) is 7.52. The number of fused-ring (bicyclic) bond motifs is 2. The van der Waals surface area contributed by atoms with Crippen molar-refractivity contribution in [1.82, 2.24) is 10.2 Å². The minimum atomic E-state index is -0.483. The largest absolute Gasteiger partial charge is 0.444 e. The Balaban J connectivity index is 1.49. The monoisotopic (exact) mass is 364 g/mol. The van der Waals surface area contributed by atoms with Gasteiger partial charge in [0, 0.05) is 25.6 Å². The zero-order chi connectivity index (χ0) is 18.9. The van der Waals surface area contributed by atoms with Crippen LogP contribution in [0.4, 0.5) is 4.79 Å². The highest BCUT2D eigenvalue weighted by Crippen LogP contribution is 2.49. The topological polar surface area (TPSA) is 58.6 Å².